The molecule has 0 atom stereocenters. The van der Waals surface area contributed by atoms with Crippen LogP contribution < -0.4 is 4.90 Å². The number of nitrogens with zero attached hydrogens (tertiary/aromatic N) is 2. The fourth-order valence-electron chi connectivity index (χ4n) is 4.87. The van der Waals surface area contributed by atoms with Gasteiger partial charge >= 0.3 is 11.9 Å². The molecule has 2 aliphatic rings. The fraction of sp³-hybridized carbons (Fsp3) is 0.429. The largest absolute Gasteiger partial charge is 0.465 e. The van der Waals surface area contributed by atoms with Gasteiger partial charge in [0.25, 0.3) is 5.91 Å². The molecule has 0 spiro atoms. The first-order chi connectivity index (χ1) is 17.8. The Kier molecular flexibility index (Phi) is 8.87. The first kappa shape index (κ1) is 27.1. The van der Waals surface area contributed by atoms with Gasteiger partial charge in [0, 0.05) is 23.5 Å². The first-order valence-corrected chi connectivity index (χ1v) is 13.3. The minimum atomic E-state index is -0.648. The van der Waals surface area contributed by atoms with Gasteiger partial charge in [0.15, 0.2) is 0 Å². The monoisotopic (exact) mass is 544 g/mol. The van der Waals surface area contributed by atoms with Crippen LogP contribution in [0.2, 0.25) is 10.0 Å². The molecule has 1 aromatic carbocycles. The van der Waals surface area contributed by atoms with Crippen molar-refractivity contribution in [3.63, 3.8) is 0 Å². The Bertz CT molecular complexity index is 1240. The molecule has 1 fully saturated rings. The highest BCUT2D eigenvalue weighted by Gasteiger charge is 2.32. The van der Waals surface area contributed by atoms with E-state index in [4.69, 9.17) is 32.7 Å². The minimum Gasteiger partial charge on any atom is -0.465 e. The van der Waals surface area contributed by atoms with E-state index in [9.17, 15) is 14.4 Å². The van der Waals surface area contributed by atoms with E-state index in [2.05, 4.69) is 4.98 Å². The van der Waals surface area contributed by atoms with Gasteiger partial charge in [-0.1, -0.05) is 23.2 Å². The molecule has 0 unspecified atom stereocenters. The highest BCUT2D eigenvalue weighted by molar-refractivity contribution is 6.38. The number of pyridine rings is 1. The molecule has 0 saturated heterocycles. The summed E-state index contributed by atoms with van der Waals surface area (Å²) in [5.74, 6) is -1.42. The molecule has 0 radical (unpaired) electrons. The molecule has 1 aromatic heterocycles. The Labute approximate surface area is 226 Å². The van der Waals surface area contributed by atoms with Crippen LogP contribution >= 0.6 is 23.2 Å². The second-order valence-corrected chi connectivity index (χ2v) is 10.3. The van der Waals surface area contributed by atoms with Gasteiger partial charge in [0.2, 0.25) is 0 Å². The van der Waals surface area contributed by atoms with Crippen LogP contribution in [-0.4, -0.2) is 36.0 Å². The number of halogens is 2. The van der Waals surface area contributed by atoms with E-state index >= 15 is 0 Å². The lowest BCUT2D eigenvalue weighted by atomic mass is 9.90. The zero-order valence-electron chi connectivity index (χ0n) is 21.0. The number of benzene rings is 1. The minimum absolute atomic E-state index is 0.0859. The van der Waals surface area contributed by atoms with Crippen LogP contribution in [0.5, 0.6) is 0 Å². The second-order valence-electron chi connectivity index (χ2n) is 9.44. The van der Waals surface area contributed by atoms with Gasteiger partial charge in [-0.3, -0.25) is 9.78 Å². The number of hydrogen-bond donors (Lipinski definition) is 0. The highest BCUT2D eigenvalue weighted by Crippen LogP contribution is 2.37. The van der Waals surface area contributed by atoms with Crippen LogP contribution in [0, 0.1) is 6.92 Å². The number of carbonyl (C=O) groups excluding carboxylic acids is 3. The summed E-state index contributed by atoms with van der Waals surface area (Å²) in [6.45, 7) is 2.06. The van der Waals surface area contributed by atoms with Crippen molar-refractivity contribution in [2.45, 2.75) is 70.9 Å². The third-order valence-electron chi connectivity index (χ3n) is 7.00. The molecule has 4 rings (SSSR count). The number of esters is 2. The number of amides is 1. The Hall–Kier alpha value is -2.90. The second kappa shape index (κ2) is 12.1. The molecule has 2 aliphatic carbocycles. The van der Waals surface area contributed by atoms with Crippen molar-refractivity contribution in [3.05, 3.63) is 68.5 Å². The van der Waals surface area contributed by atoms with Crippen molar-refractivity contribution in [1.82, 2.24) is 4.98 Å². The summed E-state index contributed by atoms with van der Waals surface area (Å²) in [4.78, 5) is 45.4. The van der Waals surface area contributed by atoms with Gasteiger partial charge < -0.3 is 14.4 Å². The summed E-state index contributed by atoms with van der Waals surface area (Å²) in [5.41, 5.74) is 2.96. The van der Waals surface area contributed by atoms with E-state index in [1.807, 2.05) is 13.0 Å². The van der Waals surface area contributed by atoms with Crippen LogP contribution in [0.15, 0.2) is 41.7 Å². The molecule has 0 bridgehead atoms. The van der Waals surface area contributed by atoms with E-state index in [1.54, 1.807) is 12.4 Å². The summed E-state index contributed by atoms with van der Waals surface area (Å²) in [7, 11) is 1.25. The lowest BCUT2D eigenvalue weighted by Gasteiger charge is -2.29. The lowest BCUT2D eigenvalue weighted by Crippen LogP contribution is -2.35. The van der Waals surface area contributed by atoms with Crippen LogP contribution in [0.1, 0.15) is 72.9 Å². The summed E-state index contributed by atoms with van der Waals surface area (Å²) in [6, 6.07) is 4.73. The lowest BCUT2D eigenvalue weighted by molar-refractivity contribution is -0.144. The van der Waals surface area contributed by atoms with Crippen LogP contribution in [0.4, 0.5) is 5.69 Å². The molecular formula is C28H30Cl2N2O5. The van der Waals surface area contributed by atoms with Gasteiger partial charge in [-0.25, -0.2) is 9.59 Å². The van der Waals surface area contributed by atoms with E-state index in [1.165, 1.54) is 24.1 Å². The maximum Gasteiger partial charge on any atom is 0.339 e. The Morgan fingerprint density at radius 3 is 2.38 bits per heavy atom. The number of methoxy groups -OCH3 is 1. The van der Waals surface area contributed by atoms with Crippen LogP contribution in [-0.2, 0) is 25.6 Å². The number of carbonyl (C=O) groups is 3. The number of aromatic nitrogens is 1. The topological polar surface area (TPSA) is 85.8 Å². The van der Waals surface area contributed by atoms with Gasteiger partial charge in [-0.2, -0.15) is 0 Å². The van der Waals surface area contributed by atoms with Gasteiger partial charge in [0.1, 0.15) is 6.10 Å². The molecule has 0 N–H and O–H groups in total. The molecule has 7 nitrogen and oxygen atoms in total. The maximum atomic E-state index is 14.2. The van der Waals surface area contributed by atoms with Gasteiger partial charge in [-0.05, 0) is 87.6 Å². The van der Waals surface area contributed by atoms with Crippen molar-refractivity contribution in [2.75, 3.05) is 12.0 Å². The quantitative estimate of drug-likeness (QED) is 0.376. The zero-order chi connectivity index (χ0) is 26.5. The molecule has 0 aliphatic heterocycles. The average molecular weight is 545 g/mol. The third kappa shape index (κ3) is 6.16. The standard InChI is InChI=1S/C28H30Cl2N2O5/c1-17-11-12-31-15-18(17)16-32(25-13-22(27(34)36-2)23(29)14-24(25)30)26(33)20-9-5-6-10-21(20)28(35)37-19-7-3-4-8-19/h11-15,19H,3-10,16H2,1-2H3. The molecule has 196 valence electrons. The molecule has 9 heteroatoms. The molecule has 2 aromatic rings. The molecular weight excluding hydrogens is 515 g/mol. The molecule has 1 amide bonds. The number of aryl methyl sites for hydroxylation is 1. The number of hydrogen-bond acceptors (Lipinski definition) is 6. The fourth-order valence-corrected chi connectivity index (χ4v) is 5.43. The number of anilines is 1. The van der Waals surface area contributed by atoms with Crippen molar-refractivity contribution in [3.8, 4) is 0 Å². The third-order valence-corrected chi connectivity index (χ3v) is 7.62. The Balaban J connectivity index is 1.78. The predicted octanol–water partition coefficient (Wildman–Crippen LogP) is 6.37. The van der Waals surface area contributed by atoms with E-state index < -0.39 is 11.9 Å². The van der Waals surface area contributed by atoms with Gasteiger partial charge in [0.05, 0.1) is 35.0 Å². The summed E-state index contributed by atoms with van der Waals surface area (Å²) in [5, 5.41) is 0.308. The molecule has 1 heterocycles. The van der Waals surface area contributed by atoms with Crippen LogP contribution in [0.25, 0.3) is 0 Å². The normalized spacial score (nSPS) is 16.0. The first-order valence-electron chi connectivity index (χ1n) is 12.5. The average Bonchev–Trinajstić information content (AvgIpc) is 3.41. The number of rotatable bonds is 7. The molecule has 37 heavy (non-hydrogen) atoms. The summed E-state index contributed by atoms with van der Waals surface area (Å²) in [6.07, 6.45) is 9.57. The summed E-state index contributed by atoms with van der Waals surface area (Å²) < 4.78 is 10.6. The predicted molar refractivity (Wildman–Crippen MR) is 142 cm³/mol. The van der Waals surface area contributed by atoms with E-state index in [0.717, 1.165) is 49.7 Å². The highest BCUT2D eigenvalue weighted by atomic mass is 35.5. The molecule has 1 saturated carbocycles. The van der Waals surface area contributed by atoms with E-state index in [0.29, 0.717) is 29.7 Å². The number of ether oxygens (including phenoxy) is 2. The maximum absolute atomic E-state index is 14.2. The van der Waals surface area contributed by atoms with Crippen molar-refractivity contribution in [1.29, 1.82) is 0 Å². The summed E-state index contributed by atoms with van der Waals surface area (Å²) >= 11 is 12.9. The SMILES string of the molecule is COC(=O)c1cc(N(Cc2cnccc2C)C(=O)C2=C(C(=O)OC3CCCC3)CCCC2)c(Cl)cc1Cl. The van der Waals surface area contributed by atoms with Crippen LogP contribution in [0.3, 0.4) is 0 Å². The van der Waals surface area contributed by atoms with Crippen molar-refractivity contribution < 1.29 is 23.9 Å². The smallest absolute Gasteiger partial charge is 0.339 e. The van der Waals surface area contributed by atoms with Crippen molar-refractivity contribution >= 4 is 46.7 Å². The van der Waals surface area contributed by atoms with E-state index in [-0.39, 0.29) is 34.2 Å². The Morgan fingerprint density at radius 1 is 1.00 bits per heavy atom. The van der Waals surface area contributed by atoms with Crippen molar-refractivity contribution in [2.24, 2.45) is 0 Å². The zero-order valence-corrected chi connectivity index (χ0v) is 22.5. The van der Waals surface area contributed by atoms with Gasteiger partial charge in [-0.15, -0.1) is 0 Å². The Morgan fingerprint density at radius 2 is 1.70 bits per heavy atom.